The van der Waals surface area contributed by atoms with Crippen LogP contribution in [0.1, 0.15) is 19.5 Å². The first-order chi connectivity index (χ1) is 6.69. The van der Waals surface area contributed by atoms with Crippen LogP contribution in [0, 0.1) is 5.41 Å². The van der Waals surface area contributed by atoms with Crippen molar-refractivity contribution in [1.82, 2.24) is 4.98 Å². The molecule has 1 heterocycles. The van der Waals surface area contributed by atoms with Crippen LogP contribution in [0.4, 0.5) is 5.82 Å². The number of nitrogens with one attached hydrogen (secondary N) is 1. The Morgan fingerprint density at radius 2 is 2.07 bits per heavy atom. The van der Waals surface area contributed by atoms with Gasteiger partial charge in [-0.3, -0.25) is 5.41 Å². The number of rotatable bonds is 4. The van der Waals surface area contributed by atoms with Crippen LogP contribution in [0.25, 0.3) is 0 Å². The smallest absolute Gasteiger partial charge is 0.141 e. The van der Waals surface area contributed by atoms with E-state index in [1.165, 1.54) is 0 Å². The molecule has 4 nitrogen and oxygen atoms in total. The highest BCUT2D eigenvalue weighted by Crippen LogP contribution is 2.10. The number of hydrogen-bond donors (Lipinski definition) is 2. The van der Waals surface area contributed by atoms with Crippen LogP contribution < -0.4 is 10.6 Å². The van der Waals surface area contributed by atoms with Crippen LogP contribution in [0.5, 0.6) is 0 Å². The molecule has 0 atom stereocenters. The Kier molecular flexibility index (Phi) is 3.45. The zero-order valence-corrected chi connectivity index (χ0v) is 8.62. The number of aromatic nitrogens is 1. The monoisotopic (exact) mass is 192 g/mol. The summed E-state index contributed by atoms with van der Waals surface area (Å²) in [6.45, 7) is 5.97. The first-order valence-electron chi connectivity index (χ1n) is 4.75. The largest absolute Gasteiger partial charge is 0.382 e. The summed E-state index contributed by atoms with van der Waals surface area (Å²) in [4.78, 5) is 6.41. The molecule has 0 aliphatic carbocycles. The highest BCUT2D eigenvalue weighted by atomic mass is 15.2. The zero-order chi connectivity index (χ0) is 10.6. The molecule has 76 valence electrons. The summed E-state index contributed by atoms with van der Waals surface area (Å²) in [7, 11) is 0. The van der Waals surface area contributed by atoms with Crippen molar-refractivity contribution in [3.05, 3.63) is 23.9 Å². The molecule has 0 aromatic carbocycles. The van der Waals surface area contributed by atoms with Gasteiger partial charge in [0.2, 0.25) is 0 Å². The van der Waals surface area contributed by atoms with E-state index < -0.39 is 0 Å². The highest BCUT2D eigenvalue weighted by molar-refractivity contribution is 5.93. The quantitative estimate of drug-likeness (QED) is 0.556. The molecule has 0 saturated carbocycles. The highest BCUT2D eigenvalue weighted by Gasteiger charge is 2.04. The molecule has 0 aliphatic rings. The van der Waals surface area contributed by atoms with Gasteiger partial charge < -0.3 is 10.6 Å². The van der Waals surface area contributed by atoms with Crippen LogP contribution in [0.2, 0.25) is 0 Å². The van der Waals surface area contributed by atoms with Gasteiger partial charge in [0.15, 0.2) is 0 Å². The molecule has 0 amide bonds. The van der Waals surface area contributed by atoms with Gasteiger partial charge in [-0.2, -0.15) is 0 Å². The Morgan fingerprint density at radius 3 is 2.57 bits per heavy atom. The molecule has 0 unspecified atom stereocenters. The lowest BCUT2D eigenvalue weighted by atomic mass is 10.3. The summed E-state index contributed by atoms with van der Waals surface area (Å²) in [6, 6.07) is 5.55. The number of nitrogen functional groups attached to an aromatic ring is 1. The van der Waals surface area contributed by atoms with Gasteiger partial charge in [0.05, 0.1) is 0 Å². The van der Waals surface area contributed by atoms with Crippen LogP contribution in [0.15, 0.2) is 18.2 Å². The summed E-state index contributed by atoms with van der Waals surface area (Å²) < 4.78 is 0. The minimum atomic E-state index is 0.0130. The molecule has 1 aromatic rings. The minimum Gasteiger partial charge on any atom is -0.382 e. The topological polar surface area (TPSA) is 66.0 Å². The van der Waals surface area contributed by atoms with Crippen molar-refractivity contribution in [2.75, 3.05) is 18.0 Å². The van der Waals surface area contributed by atoms with Gasteiger partial charge in [-0.15, -0.1) is 0 Å². The first-order valence-corrected chi connectivity index (χ1v) is 4.75. The molecule has 0 spiro atoms. The van der Waals surface area contributed by atoms with E-state index in [1.807, 2.05) is 12.1 Å². The van der Waals surface area contributed by atoms with E-state index in [2.05, 4.69) is 23.7 Å². The summed E-state index contributed by atoms with van der Waals surface area (Å²) in [5.41, 5.74) is 5.90. The van der Waals surface area contributed by atoms with E-state index >= 15 is 0 Å². The van der Waals surface area contributed by atoms with Crippen molar-refractivity contribution < 1.29 is 0 Å². The summed E-state index contributed by atoms with van der Waals surface area (Å²) in [6.07, 6.45) is 0. The third-order valence-corrected chi connectivity index (χ3v) is 2.10. The predicted octanol–water partition coefficient (Wildman–Crippen LogP) is 1.21. The van der Waals surface area contributed by atoms with Crippen LogP contribution >= 0.6 is 0 Å². The molecule has 0 bridgehead atoms. The number of pyridine rings is 1. The number of amidine groups is 1. The lowest BCUT2D eigenvalue weighted by Crippen LogP contribution is -2.24. The third-order valence-electron chi connectivity index (χ3n) is 2.10. The Hall–Kier alpha value is -1.58. The molecule has 1 rings (SSSR count). The summed E-state index contributed by atoms with van der Waals surface area (Å²) >= 11 is 0. The average Bonchev–Trinajstić information content (AvgIpc) is 2.20. The van der Waals surface area contributed by atoms with Gasteiger partial charge in [-0.05, 0) is 26.0 Å². The normalized spacial score (nSPS) is 9.86. The molecule has 0 fully saturated rings. The fourth-order valence-electron chi connectivity index (χ4n) is 1.30. The fraction of sp³-hybridized carbons (Fsp3) is 0.400. The number of hydrogen-bond acceptors (Lipinski definition) is 3. The van der Waals surface area contributed by atoms with Crippen molar-refractivity contribution in [3.8, 4) is 0 Å². The Morgan fingerprint density at radius 1 is 1.43 bits per heavy atom. The minimum absolute atomic E-state index is 0.0130. The summed E-state index contributed by atoms with van der Waals surface area (Å²) in [5, 5.41) is 7.28. The number of nitrogens with two attached hydrogens (primary N) is 1. The van der Waals surface area contributed by atoms with Crippen LogP contribution in [0.3, 0.4) is 0 Å². The fourth-order valence-corrected chi connectivity index (χ4v) is 1.30. The maximum absolute atomic E-state index is 7.28. The lowest BCUT2D eigenvalue weighted by molar-refractivity contribution is 0.845. The second kappa shape index (κ2) is 4.60. The SMILES string of the molecule is CCN(CC)c1cccc(C(=N)N)n1. The molecular weight excluding hydrogens is 176 g/mol. The first kappa shape index (κ1) is 10.5. The molecule has 0 radical (unpaired) electrons. The number of nitrogens with zero attached hydrogens (tertiary/aromatic N) is 2. The van der Waals surface area contributed by atoms with Crippen molar-refractivity contribution >= 4 is 11.7 Å². The zero-order valence-electron chi connectivity index (χ0n) is 8.62. The van der Waals surface area contributed by atoms with Gasteiger partial charge in [0.1, 0.15) is 17.3 Å². The van der Waals surface area contributed by atoms with Crippen LogP contribution in [-0.2, 0) is 0 Å². The standard InChI is InChI=1S/C10H16N4/c1-3-14(4-2)9-7-5-6-8(13-9)10(11)12/h5-7H,3-4H2,1-2H3,(H3,11,12). The Labute approximate surface area is 84.3 Å². The maximum atomic E-state index is 7.28. The van der Waals surface area contributed by atoms with E-state index in [9.17, 15) is 0 Å². The van der Waals surface area contributed by atoms with Gasteiger partial charge >= 0.3 is 0 Å². The summed E-state index contributed by atoms with van der Waals surface area (Å²) in [5.74, 6) is 0.890. The van der Waals surface area contributed by atoms with Gasteiger partial charge in [-0.1, -0.05) is 6.07 Å². The Bertz CT molecular complexity index is 318. The van der Waals surface area contributed by atoms with Crippen LogP contribution in [-0.4, -0.2) is 23.9 Å². The van der Waals surface area contributed by atoms with Gasteiger partial charge in [-0.25, -0.2) is 4.98 Å². The van der Waals surface area contributed by atoms with E-state index in [0.717, 1.165) is 18.9 Å². The molecular formula is C10H16N4. The maximum Gasteiger partial charge on any atom is 0.141 e. The number of anilines is 1. The van der Waals surface area contributed by atoms with Crippen molar-refractivity contribution in [2.45, 2.75) is 13.8 Å². The molecule has 4 heteroatoms. The second-order valence-corrected chi connectivity index (χ2v) is 2.97. The van der Waals surface area contributed by atoms with E-state index in [1.54, 1.807) is 6.07 Å². The Balaban J connectivity index is 2.98. The van der Waals surface area contributed by atoms with Crippen molar-refractivity contribution in [1.29, 1.82) is 5.41 Å². The van der Waals surface area contributed by atoms with Crippen molar-refractivity contribution in [3.63, 3.8) is 0 Å². The van der Waals surface area contributed by atoms with E-state index in [0.29, 0.717) is 5.69 Å². The predicted molar refractivity (Wildman–Crippen MR) is 58.8 cm³/mol. The third kappa shape index (κ3) is 2.22. The van der Waals surface area contributed by atoms with E-state index in [-0.39, 0.29) is 5.84 Å². The molecule has 3 N–H and O–H groups in total. The molecule has 0 saturated heterocycles. The molecule has 14 heavy (non-hydrogen) atoms. The molecule has 1 aromatic heterocycles. The van der Waals surface area contributed by atoms with Crippen molar-refractivity contribution in [2.24, 2.45) is 5.73 Å². The lowest BCUT2D eigenvalue weighted by Gasteiger charge is -2.19. The van der Waals surface area contributed by atoms with E-state index in [4.69, 9.17) is 11.1 Å². The van der Waals surface area contributed by atoms with Gasteiger partial charge in [0.25, 0.3) is 0 Å². The molecule has 0 aliphatic heterocycles. The second-order valence-electron chi connectivity index (χ2n) is 2.97. The average molecular weight is 192 g/mol. The van der Waals surface area contributed by atoms with Gasteiger partial charge in [0, 0.05) is 13.1 Å².